The van der Waals surface area contributed by atoms with Crippen LogP contribution in [-0.2, 0) is 29.1 Å². The summed E-state index contributed by atoms with van der Waals surface area (Å²) in [7, 11) is 0. The SMILES string of the molecule is Cc1cc(C)n(CCC(=O)N2CCN(CC(C)C)CCCN(C(=O)Cc3ccccc3)c3ccccc3C2)c(=O)n1. The molecule has 3 aromatic rings. The summed E-state index contributed by atoms with van der Waals surface area (Å²) in [5, 5.41) is 0. The van der Waals surface area contributed by atoms with Gasteiger partial charge in [0.25, 0.3) is 0 Å². The van der Waals surface area contributed by atoms with Crippen LogP contribution in [0.5, 0.6) is 0 Å². The molecule has 0 saturated heterocycles. The van der Waals surface area contributed by atoms with Crippen molar-refractivity contribution in [2.24, 2.45) is 5.92 Å². The summed E-state index contributed by atoms with van der Waals surface area (Å²) in [4.78, 5) is 50.1. The summed E-state index contributed by atoms with van der Waals surface area (Å²) < 4.78 is 1.57. The van der Waals surface area contributed by atoms with Crippen LogP contribution in [0, 0.1) is 19.8 Å². The summed E-state index contributed by atoms with van der Waals surface area (Å²) in [6.07, 6.45) is 1.37. The van der Waals surface area contributed by atoms with Crippen molar-refractivity contribution in [2.75, 3.05) is 37.6 Å². The second kappa shape index (κ2) is 14.2. The predicted octanol–water partition coefficient (Wildman–Crippen LogP) is 4.22. The van der Waals surface area contributed by atoms with E-state index in [-0.39, 0.29) is 30.5 Å². The fourth-order valence-electron chi connectivity index (χ4n) is 5.59. The van der Waals surface area contributed by atoms with Crippen molar-refractivity contribution in [2.45, 2.75) is 60.0 Å². The molecule has 0 spiro atoms. The number of carbonyl (C=O) groups is 2. The van der Waals surface area contributed by atoms with Crippen LogP contribution < -0.4 is 10.6 Å². The number of hydrogen-bond donors (Lipinski definition) is 0. The molecule has 1 aromatic heterocycles. The van der Waals surface area contributed by atoms with E-state index >= 15 is 0 Å². The van der Waals surface area contributed by atoms with E-state index in [9.17, 15) is 14.4 Å². The van der Waals surface area contributed by atoms with Crippen LogP contribution >= 0.6 is 0 Å². The van der Waals surface area contributed by atoms with Gasteiger partial charge in [-0.15, -0.1) is 0 Å². The Morgan fingerprint density at radius 3 is 2.37 bits per heavy atom. The Balaban J connectivity index is 1.61. The topological polar surface area (TPSA) is 78.8 Å². The zero-order valence-electron chi connectivity index (χ0n) is 24.9. The van der Waals surface area contributed by atoms with E-state index in [1.807, 2.05) is 77.4 Å². The molecule has 218 valence electrons. The van der Waals surface area contributed by atoms with E-state index in [0.717, 1.165) is 48.6 Å². The van der Waals surface area contributed by atoms with Gasteiger partial charge >= 0.3 is 5.69 Å². The number of aromatic nitrogens is 2. The highest BCUT2D eigenvalue weighted by Gasteiger charge is 2.24. The second-order valence-corrected chi connectivity index (χ2v) is 11.4. The number of hydrogen-bond acceptors (Lipinski definition) is 5. The normalized spacial score (nSPS) is 15.0. The van der Waals surface area contributed by atoms with Gasteiger partial charge in [-0.1, -0.05) is 62.4 Å². The summed E-state index contributed by atoms with van der Waals surface area (Å²) in [6.45, 7) is 12.5. The largest absolute Gasteiger partial charge is 0.347 e. The maximum atomic E-state index is 13.7. The highest BCUT2D eigenvalue weighted by Crippen LogP contribution is 2.25. The molecule has 2 amide bonds. The van der Waals surface area contributed by atoms with Crippen LogP contribution in [0.3, 0.4) is 0 Å². The van der Waals surface area contributed by atoms with Gasteiger partial charge in [0.15, 0.2) is 0 Å². The summed E-state index contributed by atoms with van der Waals surface area (Å²) in [6, 6.07) is 19.6. The minimum absolute atomic E-state index is 0.0161. The number of carbonyl (C=O) groups excluding carboxylic acids is 2. The van der Waals surface area contributed by atoms with Gasteiger partial charge in [-0.25, -0.2) is 4.79 Å². The molecule has 0 bridgehead atoms. The van der Waals surface area contributed by atoms with Crippen molar-refractivity contribution >= 4 is 17.5 Å². The van der Waals surface area contributed by atoms with Gasteiger partial charge in [-0.05, 0) is 56.0 Å². The molecular formula is C33H43N5O3. The molecule has 0 radical (unpaired) electrons. The number of nitrogens with zero attached hydrogens (tertiary/aromatic N) is 5. The minimum atomic E-state index is -0.325. The number of aryl methyl sites for hydroxylation is 2. The first-order valence-electron chi connectivity index (χ1n) is 14.7. The van der Waals surface area contributed by atoms with E-state index in [0.29, 0.717) is 37.7 Å². The van der Waals surface area contributed by atoms with E-state index in [2.05, 4.69) is 23.7 Å². The number of anilines is 1. The summed E-state index contributed by atoms with van der Waals surface area (Å²) >= 11 is 0. The van der Waals surface area contributed by atoms with E-state index < -0.39 is 0 Å². The molecular weight excluding hydrogens is 514 g/mol. The lowest BCUT2D eigenvalue weighted by Crippen LogP contribution is -2.40. The van der Waals surface area contributed by atoms with Crippen molar-refractivity contribution in [3.63, 3.8) is 0 Å². The molecule has 2 heterocycles. The van der Waals surface area contributed by atoms with E-state index in [1.165, 1.54) is 0 Å². The Morgan fingerprint density at radius 1 is 0.902 bits per heavy atom. The molecule has 0 N–H and O–H groups in total. The van der Waals surface area contributed by atoms with Crippen LogP contribution in [0.15, 0.2) is 65.5 Å². The Morgan fingerprint density at radius 2 is 1.63 bits per heavy atom. The van der Waals surface area contributed by atoms with E-state index in [1.54, 1.807) is 11.5 Å². The van der Waals surface area contributed by atoms with Crippen molar-refractivity contribution in [3.05, 3.63) is 93.7 Å². The summed E-state index contributed by atoms with van der Waals surface area (Å²) in [5.74, 6) is 0.525. The Labute approximate surface area is 243 Å². The van der Waals surface area contributed by atoms with Gasteiger partial charge in [-0.2, -0.15) is 4.98 Å². The van der Waals surface area contributed by atoms with Crippen LogP contribution in [0.4, 0.5) is 5.69 Å². The third kappa shape index (κ3) is 8.36. The Bertz CT molecular complexity index is 1390. The third-order valence-electron chi connectivity index (χ3n) is 7.56. The van der Waals surface area contributed by atoms with Gasteiger partial charge in [0.2, 0.25) is 11.8 Å². The van der Waals surface area contributed by atoms with Crippen LogP contribution in [0.2, 0.25) is 0 Å². The average molecular weight is 558 g/mol. The minimum Gasteiger partial charge on any atom is -0.337 e. The maximum Gasteiger partial charge on any atom is 0.347 e. The van der Waals surface area contributed by atoms with Crippen molar-refractivity contribution in [1.29, 1.82) is 0 Å². The van der Waals surface area contributed by atoms with E-state index in [4.69, 9.17) is 0 Å². The number of para-hydroxylation sites is 1. The highest BCUT2D eigenvalue weighted by atomic mass is 16.2. The average Bonchev–Trinajstić information content (AvgIpc) is 2.96. The summed E-state index contributed by atoms with van der Waals surface area (Å²) in [5.41, 5.74) is 3.94. The first-order chi connectivity index (χ1) is 19.7. The molecule has 0 fully saturated rings. The lowest BCUT2D eigenvalue weighted by Gasteiger charge is -2.29. The zero-order valence-corrected chi connectivity index (χ0v) is 24.9. The first kappa shape index (κ1) is 30.2. The lowest BCUT2D eigenvalue weighted by atomic mass is 10.1. The monoisotopic (exact) mass is 557 g/mol. The molecule has 0 aliphatic carbocycles. The van der Waals surface area contributed by atoms with Gasteiger partial charge in [-0.3, -0.25) is 14.2 Å². The number of rotatable bonds is 7. The molecule has 8 nitrogen and oxygen atoms in total. The molecule has 0 atom stereocenters. The van der Waals surface area contributed by atoms with Gasteiger partial charge in [0.05, 0.1) is 6.42 Å². The highest BCUT2D eigenvalue weighted by molar-refractivity contribution is 5.95. The molecule has 4 rings (SSSR count). The molecule has 0 unspecified atom stereocenters. The Hall–Kier alpha value is -3.78. The molecule has 41 heavy (non-hydrogen) atoms. The van der Waals surface area contributed by atoms with Gasteiger partial charge in [0.1, 0.15) is 0 Å². The molecule has 8 heteroatoms. The molecule has 0 saturated carbocycles. The van der Waals surface area contributed by atoms with Crippen LogP contribution in [0.25, 0.3) is 0 Å². The Kier molecular flexibility index (Phi) is 10.5. The standard InChI is InChI=1S/C33H43N5O3/c1-25(2)23-35-16-10-17-38(32(40)22-28-11-6-5-7-12-28)30-14-9-8-13-29(30)24-36(20-19-35)31(39)15-18-37-27(4)21-26(3)34-33(37)41/h5-9,11-14,21,25H,10,15-20,22-24H2,1-4H3. The van der Waals surface area contributed by atoms with Crippen molar-refractivity contribution in [3.8, 4) is 0 Å². The fraction of sp³-hybridized carbons (Fsp3) is 0.455. The first-order valence-corrected chi connectivity index (χ1v) is 14.7. The van der Waals surface area contributed by atoms with Crippen LogP contribution in [0.1, 0.15) is 49.2 Å². The van der Waals surface area contributed by atoms with Crippen LogP contribution in [-0.4, -0.2) is 63.9 Å². The second-order valence-electron chi connectivity index (χ2n) is 11.4. The molecule has 2 aromatic carbocycles. The van der Waals surface area contributed by atoms with Crippen molar-refractivity contribution in [1.82, 2.24) is 19.4 Å². The van der Waals surface area contributed by atoms with Crippen molar-refractivity contribution < 1.29 is 9.59 Å². The maximum absolute atomic E-state index is 13.7. The zero-order chi connectivity index (χ0) is 29.4. The lowest BCUT2D eigenvalue weighted by molar-refractivity contribution is -0.132. The third-order valence-corrected chi connectivity index (χ3v) is 7.56. The number of benzene rings is 2. The van der Waals surface area contributed by atoms with Gasteiger partial charge < -0.3 is 14.7 Å². The number of fused-ring (bicyclic) bond motifs is 1. The molecule has 1 aliphatic rings. The number of amides is 2. The molecule has 1 aliphatic heterocycles. The quantitative estimate of drug-likeness (QED) is 0.435. The fourth-order valence-corrected chi connectivity index (χ4v) is 5.59. The van der Waals surface area contributed by atoms with Gasteiger partial charge in [0, 0.05) is 62.8 Å². The predicted molar refractivity (Wildman–Crippen MR) is 163 cm³/mol. The smallest absolute Gasteiger partial charge is 0.337 e.